The molecule has 0 saturated carbocycles. The minimum Gasteiger partial charge on any atom is -0.342 e. The summed E-state index contributed by atoms with van der Waals surface area (Å²) in [6, 6.07) is 2.69. The topological polar surface area (TPSA) is 74.2 Å². The van der Waals surface area contributed by atoms with Gasteiger partial charge in [-0.15, -0.1) is 11.3 Å². The van der Waals surface area contributed by atoms with Crippen LogP contribution in [-0.2, 0) is 17.6 Å². The Kier molecular flexibility index (Phi) is 6.05. The number of amides is 1. The normalized spacial score (nSPS) is 19.2. The van der Waals surface area contributed by atoms with Crippen LogP contribution in [0.5, 0.6) is 0 Å². The lowest BCUT2D eigenvalue weighted by Crippen LogP contribution is -2.47. The number of carbonyl (C=O) groups is 1. The zero-order valence-corrected chi connectivity index (χ0v) is 20.7. The average molecular weight is 465 g/mol. The largest absolute Gasteiger partial charge is 0.342 e. The van der Waals surface area contributed by atoms with Crippen molar-refractivity contribution >= 4 is 39.0 Å². The Labute approximate surface area is 199 Å². The van der Waals surface area contributed by atoms with E-state index in [4.69, 9.17) is 0 Å². The molecule has 0 spiro atoms. The Hall–Kier alpha value is -2.58. The van der Waals surface area contributed by atoms with Crippen LogP contribution >= 0.6 is 11.3 Å². The molecule has 1 aliphatic carbocycles. The number of hydrogen-bond donors (Lipinski definition) is 1. The van der Waals surface area contributed by atoms with E-state index in [-0.39, 0.29) is 5.92 Å². The SMILES string of the molecule is Cc1cc(Nc2ncnc3sc4c(c23)CCC(C(=O)N2CCC(N(C)C)CC2)C4)cnc1C. The number of aryl methyl sites for hydroxylation is 3. The molecule has 5 rings (SSSR count). The van der Waals surface area contributed by atoms with E-state index in [0.717, 1.165) is 78.2 Å². The number of likely N-dealkylation sites (tertiary alicyclic amines) is 1. The van der Waals surface area contributed by atoms with Crippen LogP contribution < -0.4 is 5.32 Å². The van der Waals surface area contributed by atoms with Gasteiger partial charge in [0, 0.05) is 35.6 Å². The molecule has 1 N–H and O–H groups in total. The van der Waals surface area contributed by atoms with Crippen molar-refractivity contribution in [3.63, 3.8) is 0 Å². The molecule has 1 fully saturated rings. The average Bonchev–Trinajstić information content (AvgIpc) is 3.20. The lowest BCUT2D eigenvalue weighted by molar-refractivity contribution is -0.137. The summed E-state index contributed by atoms with van der Waals surface area (Å²) in [6.07, 6.45) is 8.21. The molecule has 0 aromatic carbocycles. The maximum absolute atomic E-state index is 13.3. The van der Waals surface area contributed by atoms with Crippen molar-refractivity contribution in [2.45, 2.75) is 52.0 Å². The zero-order chi connectivity index (χ0) is 23.1. The van der Waals surface area contributed by atoms with E-state index in [9.17, 15) is 4.79 Å². The number of thiophene rings is 1. The lowest BCUT2D eigenvalue weighted by Gasteiger charge is -2.37. The second-order valence-electron chi connectivity index (χ2n) is 9.62. The van der Waals surface area contributed by atoms with E-state index in [0.29, 0.717) is 11.9 Å². The lowest BCUT2D eigenvalue weighted by atomic mass is 9.86. The molecule has 4 heterocycles. The fraction of sp³-hybridized carbons (Fsp3) is 0.520. The number of piperidine rings is 1. The van der Waals surface area contributed by atoms with Gasteiger partial charge < -0.3 is 15.1 Å². The summed E-state index contributed by atoms with van der Waals surface area (Å²) in [4.78, 5) is 33.5. The van der Waals surface area contributed by atoms with Gasteiger partial charge in [0.2, 0.25) is 5.91 Å². The van der Waals surface area contributed by atoms with Gasteiger partial charge in [-0.05, 0) is 77.2 Å². The zero-order valence-electron chi connectivity index (χ0n) is 19.9. The summed E-state index contributed by atoms with van der Waals surface area (Å²) < 4.78 is 0. The first-order valence-electron chi connectivity index (χ1n) is 11.8. The van der Waals surface area contributed by atoms with Gasteiger partial charge in [-0.25, -0.2) is 9.97 Å². The predicted octanol–water partition coefficient (Wildman–Crippen LogP) is 4.10. The number of pyridine rings is 1. The first-order valence-corrected chi connectivity index (χ1v) is 12.6. The van der Waals surface area contributed by atoms with Crippen molar-refractivity contribution in [2.75, 3.05) is 32.5 Å². The Morgan fingerprint density at radius 1 is 1.15 bits per heavy atom. The van der Waals surface area contributed by atoms with Crippen LogP contribution in [0.15, 0.2) is 18.6 Å². The van der Waals surface area contributed by atoms with Crippen molar-refractivity contribution in [3.8, 4) is 0 Å². The molecular formula is C25H32N6OS. The fourth-order valence-corrected chi connectivity index (χ4v) is 6.39. The molecule has 1 amide bonds. The molecule has 2 aliphatic rings. The molecule has 1 atom stereocenters. The van der Waals surface area contributed by atoms with Crippen molar-refractivity contribution in [2.24, 2.45) is 5.92 Å². The second kappa shape index (κ2) is 8.99. The summed E-state index contributed by atoms with van der Waals surface area (Å²) in [5, 5.41) is 4.57. The number of fused-ring (bicyclic) bond motifs is 3. The van der Waals surface area contributed by atoms with Crippen molar-refractivity contribution in [3.05, 3.63) is 40.3 Å². The molecule has 3 aromatic rings. The number of rotatable bonds is 4. The molecule has 33 heavy (non-hydrogen) atoms. The third kappa shape index (κ3) is 4.34. The summed E-state index contributed by atoms with van der Waals surface area (Å²) in [7, 11) is 4.27. The van der Waals surface area contributed by atoms with Gasteiger partial charge in [0.05, 0.1) is 17.3 Å². The first-order chi connectivity index (χ1) is 15.9. The third-order valence-electron chi connectivity index (χ3n) is 7.30. The molecule has 1 saturated heterocycles. The Morgan fingerprint density at radius 2 is 1.94 bits per heavy atom. The molecule has 8 heteroatoms. The second-order valence-corrected chi connectivity index (χ2v) is 10.7. The molecule has 1 unspecified atom stereocenters. The number of carbonyl (C=O) groups excluding carboxylic acids is 1. The fourth-order valence-electron chi connectivity index (χ4n) is 5.12. The highest BCUT2D eigenvalue weighted by atomic mass is 32.1. The molecule has 0 radical (unpaired) electrons. The van der Waals surface area contributed by atoms with Crippen molar-refractivity contribution in [1.29, 1.82) is 0 Å². The summed E-state index contributed by atoms with van der Waals surface area (Å²) in [5.41, 5.74) is 4.42. The van der Waals surface area contributed by atoms with E-state index in [1.54, 1.807) is 17.7 Å². The number of hydrogen-bond acceptors (Lipinski definition) is 7. The maximum atomic E-state index is 13.3. The predicted molar refractivity (Wildman–Crippen MR) is 133 cm³/mol. The Morgan fingerprint density at radius 3 is 2.67 bits per heavy atom. The standard InChI is InChI=1S/C25H32N6OS/c1-15-11-18(13-26-16(15)2)29-23-22-20-6-5-17(12-21(20)33-24(22)28-14-27-23)25(32)31-9-7-19(8-10-31)30(3)4/h11,13-14,17,19H,5-10,12H2,1-4H3,(H,27,28,29). The Balaban J connectivity index is 1.35. The minimum atomic E-state index is 0.0785. The maximum Gasteiger partial charge on any atom is 0.226 e. The molecule has 0 bridgehead atoms. The highest BCUT2D eigenvalue weighted by Gasteiger charge is 2.33. The molecule has 174 valence electrons. The molecule has 3 aromatic heterocycles. The van der Waals surface area contributed by atoms with E-state index in [2.05, 4.69) is 57.2 Å². The van der Waals surface area contributed by atoms with E-state index in [1.165, 1.54) is 10.4 Å². The minimum absolute atomic E-state index is 0.0785. The number of anilines is 2. The number of nitrogens with zero attached hydrogens (tertiary/aromatic N) is 5. The monoisotopic (exact) mass is 464 g/mol. The number of nitrogens with one attached hydrogen (secondary N) is 1. The van der Waals surface area contributed by atoms with Crippen LogP contribution in [0.25, 0.3) is 10.2 Å². The van der Waals surface area contributed by atoms with Crippen LogP contribution in [0.2, 0.25) is 0 Å². The van der Waals surface area contributed by atoms with Gasteiger partial charge in [-0.3, -0.25) is 9.78 Å². The Bertz CT molecular complexity index is 1180. The van der Waals surface area contributed by atoms with Crippen LogP contribution in [0.3, 0.4) is 0 Å². The molecule has 1 aliphatic heterocycles. The van der Waals surface area contributed by atoms with Gasteiger partial charge in [0.1, 0.15) is 17.0 Å². The molecular weight excluding hydrogens is 432 g/mol. The van der Waals surface area contributed by atoms with Crippen molar-refractivity contribution in [1.82, 2.24) is 24.8 Å². The van der Waals surface area contributed by atoms with E-state index < -0.39 is 0 Å². The highest BCUT2D eigenvalue weighted by Crippen LogP contribution is 2.41. The van der Waals surface area contributed by atoms with Gasteiger partial charge in [-0.1, -0.05) is 0 Å². The van der Waals surface area contributed by atoms with Crippen LogP contribution in [0.1, 0.15) is 41.0 Å². The first kappa shape index (κ1) is 22.2. The molecule has 7 nitrogen and oxygen atoms in total. The summed E-state index contributed by atoms with van der Waals surface area (Å²) in [6.45, 7) is 5.83. The van der Waals surface area contributed by atoms with Crippen LogP contribution in [0, 0.1) is 19.8 Å². The van der Waals surface area contributed by atoms with E-state index in [1.807, 2.05) is 13.1 Å². The van der Waals surface area contributed by atoms with Gasteiger partial charge in [0.15, 0.2) is 0 Å². The van der Waals surface area contributed by atoms with Crippen LogP contribution in [-0.4, -0.2) is 63.9 Å². The van der Waals surface area contributed by atoms with Crippen LogP contribution in [0.4, 0.5) is 11.5 Å². The smallest absolute Gasteiger partial charge is 0.226 e. The summed E-state index contributed by atoms with van der Waals surface area (Å²) >= 11 is 1.72. The highest BCUT2D eigenvalue weighted by molar-refractivity contribution is 7.19. The van der Waals surface area contributed by atoms with E-state index >= 15 is 0 Å². The quantitative estimate of drug-likeness (QED) is 0.627. The van der Waals surface area contributed by atoms with Gasteiger partial charge in [-0.2, -0.15) is 0 Å². The summed E-state index contributed by atoms with van der Waals surface area (Å²) in [5.74, 6) is 1.24. The van der Waals surface area contributed by atoms with Gasteiger partial charge in [0.25, 0.3) is 0 Å². The third-order valence-corrected chi connectivity index (χ3v) is 8.47. The van der Waals surface area contributed by atoms with Crippen molar-refractivity contribution < 1.29 is 4.79 Å². The van der Waals surface area contributed by atoms with Gasteiger partial charge >= 0.3 is 0 Å². The number of aromatic nitrogens is 3.